The molecule has 5 nitrogen and oxygen atoms in total. The molecular formula is C16H21ClN2O3. The van der Waals surface area contributed by atoms with Crippen molar-refractivity contribution in [3.05, 3.63) is 28.8 Å². The van der Waals surface area contributed by atoms with Gasteiger partial charge in [0.1, 0.15) is 5.75 Å². The summed E-state index contributed by atoms with van der Waals surface area (Å²) in [5.74, 6) is 0.881. The number of aliphatic hydroxyl groups is 1. The highest BCUT2D eigenvalue weighted by atomic mass is 35.5. The average Bonchev–Trinajstić information content (AvgIpc) is 2.91. The molecule has 0 aromatic heterocycles. The maximum atomic E-state index is 12.4. The molecule has 2 aliphatic rings. The molecule has 1 saturated heterocycles. The molecule has 2 aliphatic heterocycles. The second-order valence-corrected chi connectivity index (χ2v) is 6.34. The number of benzene rings is 1. The maximum Gasteiger partial charge on any atom is 0.317 e. The van der Waals surface area contributed by atoms with Gasteiger partial charge in [-0.1, -0.05) is 23.7 Å². The van der Waals surface area contributed by atoms with E-state index < -0.39 is 0 Å². The molecule has 6 heteroatoms. The Kier molecular flexibility index (Phi) is 4.74. The molecule has 0 bridgehead atoms. The van der Waals surface area contributed by atoms with E-state index in [1.807, 2.05) is 12.1 Å². The number of nitrogens with one attached hydrogen (secondary N) is 1. The summed E-state index contributed by atoms with van der Waals surface area (Å²) in [4.78, 5) is 14.2. The SMILES string of the molecule is O=C(NC1CCCOc2c(Cl)cccc21)N1CCC(CO)C1. The van der Waals surface area contributed by atoms with Gasteiger partial charge in [0.05, 0.1) is 17.7 Å². The third-order valence-electron chi connectivity index (χ3n) is 4.39. The van der Waals surface area contributed by atoms with Gasteiger partial charge in [-0.05, 0) is 25.3 Å². The fourth-order valence-corrected chi connectivity index (χ4v) is 3.36. The average molecular weight is 325 g/mol. The smallest absolute Gasteiger partial charge is 0.317 e. The number of halogens is 1. The van der Waals surface area contributed by atoms with Gasteiger partial charge in [-0.25, -0.2) is 4.79 Å². The molecule has 120 valence electrons. The Morgan fingerprint density at radius 1 is 1.45 bits per heavy atom. The van der Waals surface area contributed by atoms with Gasteiger partial charge in [0.15, 0.2) is 0 Å². The van der Waals surface area contributed by atoms with Crippen molar-refractivity contribution in [3.8, 4) is 5.75 Å². The minimum atomic E-state index is -0.0862. The van der Waals surface area contributed by atoms with Crippen LogP contribution < -0.4 is 10.1 Å². The van der Waals surface area contributed by atoms with Crippen molar-refractivity contribution in [1.29, 1.82) is 0 Å². The van der Waals surface area contributed by atoms with Crippen LogP contribution in [-0.4, -0.2) is 42.3 Å². The van der Waals surface area contributed by atoms with Crippen molar-refractivity contribution in [3.63, 3.8) is 0 Å². The fraction of sp³-hybridized carbons (Fsp3) is 0.562. The van der Waals surface area contributed by atoms with Crippen LogP contribution in [0, 0.1) is 5.92 Å². The minimum Gasteiger partial charge on any atom is -0.492 e. The van der Waals surface area contributed by atoms with E-state index in [2.05, 4.69) is 5.32 Å². The van der Waals surface area contributed by atoms with Crippen LogP contribution in [0.5, 0.6) is 5.75 Å². The van der Waals surface area contributed by atoms with Crippen LogP contribution in [0.1, 0.15) is 30.9 Å². The normalized spacial score (nSPS) is 24.4. The van der Waals surface area contributed by atoms with Crippen LogP contribution in [0.15, 0.2) is 18.2 Å². The highest BCUT2D eigenvalue weighted by molar-refractivity contribution is 6.32. The van der Waals surface area contributed by atoms with Crippen LogP contribution in [0.3, 0.4) is 0 Å². The number of rotatable bonds is 2. The van der Waals surface area contributed by atoms with E-state index >= 15 is 0 Å². The summed E-state index contributed by atoms with van der Waals surface area (Å²) in [5.41, 5.74) is 0.941. The van der Waals surface area contributed by atoms with E-state index in [-0.39, 0.29) is 24.6 Å². The molecule has 0 saturated carbocycles. The first-order valence-corrected chi connectivity index (χ1v) is 8.14. The zero-order valence-corrected chi connectivity index (χ0v) is 13.2. The van der Waals surface area contributed by atoms with Gasteiger partial charge in [0, 0.05) is 31.2 Å². The Bertz CT molecular complexity index is 552. The summed E-state index contributed by atoms with van der Waals surface area (Å²) >= 11 is 6.21. The number of fused-ring (bicyclic) bond motifs is 1. The lowest BCUT2D eigenvalue weighted by molar-refractivity contribution is 0.194. The topological polar surface area (TPSA) is 61.8 Å². The molecule has 0 spiro atoms. The molecule has 3 rings (SSSR count). The molecule has 0 aliphatic carbocycles. The van der Waals surface area contributed by atoms with Crippen molar-refractivity contribution in [2.45, 2.75) is 25.3 Å². The minimum absolute atomic E-state index is 0.0752. The van der Waals surface area contributed by atoms with Crippen LogP contribution in [0.4, 0.5) is 4.79 Å². The summed E-state index contributed by atoms with van der Waals surface area (Å²) in [6.07, 6.45) is 2.56. The molecule has 2 N–H and O–H groups in total. The highest BCUT2D eigenvalue weighted by Crippen LogP contribution is 2.37. The van der Waals surface area contributed by atoms with Crippen molar-refractivity contribution >= 4 is 17.6 Å². The number of amides is 2. The fourth-order valence-electron chi connectivity index (χ4n) is 3.13. The van der Waals surface area contributed by atoms with Crippen molar-refractivity contribution in [1.82, 2.24) is 10.2 Å². The van der Waals surface area contributed by atoms with Crippen LogP contribution in [-0.2, 0) is 0 Å². The third-order valence-corrected chi connectivity index (χ3v) is 4.68. The summed E-state index contributed by atoms with van der Waals surface area (Å²) in [6, 6.07) is 5.48. The van der Waals surface area contributed by atoms with Crippen molar-refractivity contribution < 1.29 is 14.6 Å². The summed E-state index contributed by atoms with van der Waals surface area (Å²) in [7, 11) is 0. The first-order chi connectivity index (χ1) is 10.7. The molecule has 2 atom stereocenters. The summed E-state index contributed by atoms with van der Waals surface area (Å²) in [6.45, 7) is 2.07. The number of para-hydroxylation sites is 1. The van der Waals surface area contributed by atoms with E-state index in [1.165, 1.54) is 0 Å². The van der Waals surface area contributed by atoms with Crippen molar-refractivity contribution in [2.75, 3.05) is 26.3 Å². The molecular weight excluding hydrogens is 304 g/mol. The standard InChI is InChI=1S/C16H21ClN2O3/c17-13-4-1-3-12-14(5-2-8-22-15(12)13)18-16(21)19-7-6-11(9-19)10-20/h1,3-4,11,14,20H,2,5-10H2,(H,18,21). The van der Waals surface area contributed by atoms with Gasteiger partial charge in [0.2, 0.25) is 0 Å². The number of carbonyl (C=O) groups is 1. The number of hydrogen-bond donors (Lipinski definition) is 2. The quantitative estimate of drug-likeness (QED) is 0.879. The van der Waals surface area contributed by atoms with Crippen LogP contribution in [0.25, 0.3) is 0 Å². The predicted octanol–water partition coefficient (Wildman–Crippen LogP) is 2.58. The second-order valence-electron chi connectivity index (χ2n) is 5.93. The molecule has 2 heterocycles. The number of aliphatic hydroxyl groups excluding tert-OH is 1. The Labute approximate surface area is 135 Å². The monoisotopic (exact) mass is 324 g/mol. The number of carbonyl (C=O) groups excluding carboxylic acids is 1. The number of ether oxygens (including phenoxy) is 1. The molecule has 2 unspecified atom stereocenters. The highest BCUT2D eigenvalue weighted by Gasteiger charge is 2.29. The Morgan fingerprint density at radius 3 is 3.09 bits per heavy atom. The van der Waals surface area contributed by atoms with E-state index in [9.17, 15) is 9.90 Å². The lowest BCUT2D eigenvalue weighted by atomic mass is 10.0. The molecule has 1 fully saturated rings. The van der Waals surface area contributed by atoms with Crippen LogP contribution in [0.2, 0.25) is 5.02 Å². The van der Waals surface area contributed by atoms with E-state index in [1.54, 1.807) is 11.0 Å². The number of nitrogens with zero attached hydrogens (tertiary/aromatic N) is 1. The lowest BCUT2D eigenvalue weighted by Gasteiger charge is -2.23. The zero-order valence-electron chi connectivity index (χ0n) is 12.4. The van der Waals surface area contributed by atoms with Gasteiger partial charge in [0.25, 0.3) is 0 Å². The van der Waals surface area contributed by atoms with Gasteiger partial charge in [-0.2, -0.15) is 0 Å². The summed E-state index contributed by atoms with van der Waals surface area (Å²) in [5, 5.41) is 12.9. The largest absolute Gasteiger partial charge is 0.492 e. The van der Waals surface area contributed by atoms with Crippen LogP contribution >= 0.6 is 11.6 Å². The molecule has 1 aromatic rings. The Hall–Kier alpha value is -1.46. The maximum absolute atomic E-state index is 12.4. The first-order valence-electron chi connectivity index (χ1n) is 7.76. The van der Waals surface area contributed by atoms with Gasteiger partial charge in [-0.15, -0.1) is 0 Å². The zero-order chi connectivity index (χ0) is 15.5. The van der Waals surface area contributed by atoms with Crippen molar-refractivity contribution in [2.24, 2.45) is 5.92 Å². The molecule has 2 amide bonds. The van der Waals surface area contributed by atoms with Gasteiger partial charge in [-0.3, -0.25) is 0 Å². The number of urea groups is 1. The van der Waals surface area contributed by atoms with E-state index in [4.69, 9.17) is 16.3 Å². The van der Waals surface area contributed by atoms with E-state index in [0.717, 1.165) is 24.8 Å². The number of likely N-dealkylation sites (tertiary alicyclic amines) is 1. The summed E-state index contributed by atoms with van der Waals surface area (Å²) < 4.78 is 5.72. The van der Waals surface area contributed by atoms with Gasteiger partial charge < -0.3 is 20.1 Å². The molecule has 1 aromatic carbocycles. The van der Waals surface area contributed by atoms with E-state index in [0.29, 0.717) is 30.5 Å². The first kappa shape index (κ1) is 15.4. The third kappa shape index (κ3) is 3.15. The number of hydrogen-bond acceptors (Lipinski definition) is 3. The molecule has 22 heavy (non-hydrogen) atoms. The Morgan fingerprint density at radius 2 is 2.32 bits per heavy atom. The van der Waals surface area contributed by atoms with Gasteiger partial charge >= 0.3 is 6.03 Å². The predicted molar refractivity (Wildman–Crippen MR) is 84.2 cm³/mol. The second kappa shape index (κ2) is 6.75. The molecule has 0 radical (unpaired) electrons. The lowest BCUT2D eigenvalue weighted by Crippen LogP contribution is -2.40. The Balaban J connectivity index is 1.73.